The van der Waals surface area contributed by atoms with Crippen molar-refractivity contribution in [1.82, 2.24) is 0 Å². The molecule has 0 aliphatic heterocycles. The topological polar surface area (TPSA) is 26.3 Å². The number of esters is 1. The zero-order valence-corrected chi connectivity index (χ0v) is 15.4. The van der Waals surface area contributed by atoms with E-state index in [-0.39, 0.29) is 12.1 Å². The molecule has 2 heteroatoms. The summed E-state index contributed by atoms with van der Waals surface area (Å²) in [6, 6.07) is 0. The van der Waals surface area contributed by atoms with Gasteiger partial charge in [-0.15, -0.1) is 0 Å². The molecule has 2 saturated carbocycles. The number of hydrogen-bond donors (Lipinski definition) is 0. The molecule has 0 unspecified atom stereocenters. The van der Waals surface area contributed by atoms with Crippen molar-refractivity contribution in [2.45, 2.75) is 116 Å². The maximum Gasteiger partial charge on any atom is 0.306 e. The van der Waals surface area contributed by atoms with Gasteiger partial charge in [-0.2, -0.15) is 0 Å². The van der Waals surface area contributed by atoms with E-state index in [1.807, 2.05) is 0 Å². The van der Waals surface area contributed by atoms with Crippen LogP contribution < -0.4 is 0 Å². The second-order valence-corrected chi connectivity index (χ2v) is 8.02. The first-order valence-corrected chi connectivity index (χ1v) is 10.5. The molecule has 23 heavy (non-hydrogen) atoms. The van der Waals surface area contributed by atoms with Crippen LogP contribution in [-0.2, 0) is 9.53 Å². The number of hydrogen-bond acceptors (Lipinski definition) is 2. The first-order chi connectivity index (χ1) is 11.3. The lowest BCUT2D eigenvalue weighted by Crippen LogP contribution is -2.20. The summed E-state index contributed by atoms with van der Waals surface area (Å²) in [6.45, 7) is 2.30. The van der Waals surface area contributed by atoms with Crippen molar-refractivity contribution in [2.75, 3.05) is 0 Å². The van der Waals surface area contributed by atoms with Gasteiger partial charge in [0.25, 0.3) is 0 Å². The molecule has 2 nitrogen and oxygen atoms in total. The van der Waals surface area contributed by atoms with Crippen molar-refractivity contribution < 1.29 is 9.53 Å². The quantitative estimate of drug-likeness (QED) is 0.361. The van der Waals surface area contributed by atoms with Gasteiger partial charge in [0.1, 0.15) is 6.10 Å². The van der Waals surface area contributed by atoms with Crippen molar-refractivity contribution in [3.05, 3.63) is 0 Å². The molecule has 0 saturated heterocycles. The predicted molar refractivity (Wildman–Crippen MR) is 96.4 cm³/mol. The Morgan fingerprint density at radius 3 is 2.04 bits per heavy atom. The third-order valence-corrected chi connectivity index (χ3v) is 6.03. The average Bonchev–Trinajstić information content (AvgIpc) is 2.59. The van der Waals surface area contributed by atoms with Gasteiger partial charge in [0.15, 0.2) is 0 Å². The van der Waals surface area contributed by atoms with Gasteiger partial charge in [-0.3, -0.25) is 4.79 Å². The van der Waals surface area contributed by atoms with Crippen LogP contribution in [0.4, 0.5) is 0 Å². The minimum Gasteiger partial charge on any atom is -0.462 e. The Hall–Kier alpha value is -0.530. The molecule has 0 aromatic heterocycles. The molecule has 2 rings (SSSR count). The van der Waals surface area contributed by atoms with Gasteiger partial charge in [-0.25, -0.2) is 0 Å². The Bertz CT molecular complexity index is 312. The molecule has 0 atom stereocenters. The summed E-state index contributed by atoms with van der Waals surface area (Å²) in [6.07, 6.45) is 20.4. The third kappa shape index (κ3) is 7.72. The number of carbonyl (C=O) groups is 1. The van der Waals surface area contributed by atoms with Crippen molar-refractivity contribution >= 4 is 5.97 Å². The predicted octanol–water partition coefficient (Wildman–Crippen LogP) is 6.42. The Labute approximate surface area is 143 Å². The lowest BCUT2D eigenvalue weighted by Gasteiger charge is -2.28. The fourth-order valence-electron chi connectivity index (χ4n) is 4.43. The van der Waals surface area contributed by atoms with Gasteiger partial charge in [0.2, 0.25) is 0 Å². The van der Waals surface area contributed by atoms with Crippen LogP contribution in [0.2, 0.25) is 0 Å². The molecule has 0 aromatic carbocycles. The largest absolute Gasteiger partial charge is 0.462 e. The highest BCUT2D eigenvalue weighted by Crippen LogP contribution is 2.34. The number of unbranched alkanes of at least 4 members (excludes halogenated alkanes) is 2. The van der Waals surface area contributed by atoms with Crippen molar-refractivity contribution in [3.63, 3.8) is 0 Å². The molecule has 134 valence electrons. The summed E-state index contributed by atoms with van der Waals surface area (Å²) in [5, 5.41) is 0. The van der Waals surface area contributed by atoms with Crippen LogP contribution in [0.15, 0.2) is 0 Å². The lowest BCUT2D eigenvalue weighted by molar-refractivity contribution is -0.150. The molecule has 2 aliphatic carbocycles. The smallest absolute Gasteiger partial charge is 0.306 e. The van der Waals surface area contributed by atoms with Gasteiger partial charge >= 0.3 is 5.97 Å². The lowest BCUT2D eigenvalue weighted by atomic mass is 9.78. The average molecular weight is 323 g/mol. The zero-order valence-electron chi connectivity index (χ0n) is 15.4. The van der Waals surface area contributed by atoms with Gasteiger partial charge in [0.05, 0.1) is 0 Å². The number of rotatable bonds is 9. The fourth-order valence-corrected chi connectivity index (χ4v) is 4.43. The standard InChI is InChI=1S/C21H38O2/c1-2-3-9-18-14-16-19(17-15-18)10-7-8-13-21(22)23-20-11-5-4-6-12-20/h18-20H,2-17H2,1H3. The molecule has 2 fully saturated rings. The third-order valence-electron chi connectivity index (χ3n) is 6.03. The summed E-state index contributed by atoms with van der Waals surface area (Å²) < 4.78 is 5.60. The maximum absolute atomic E-state index is 11.9. The van der Waals surface area contributed by atoms with Gasteiger partial charge in [-0.1, -0.05) is 71.1 Å². The first kappa shape index (κ1) is 18.8. The number of carbonyl (C=O) groups excluding carboxylic acids is 1. The molecule has 0 amide bonds. The molecular weight excluding hydrogens is 284 g/mol. The highest BCUT2D eigenvalue weighted by molar-refractivity contribution is 5.69. The Kier molecular flexibility index (Phi) is 9.07. The van der Waals surface area contributed by atoms with E-state index in [1.165, 1.54) is 77.0 Å². The SMILES string of the molecule is CCCCC1CCC(CCCCC(=O)OC2CCCCC2)CC1. The van der Waals surface area contributed by atoms with Gasteiger partial charge < -0.3 is 4.74 Å². The van der Waals surface area contributed by atoms with E-state index in [2.05, 4.69) is 6.92 Å². The second-order valence-electron chi connectivity index (χ2n) is 8.02. The minimum absolute atomic E-state index is 0.0557. The molecular formula is C21H38O2. The molecule has 0 bridgehead atoms. The maximum atomic E-state index is 11.9. The monoisotopic (exact) mass is 322 g/mol. The van der Waals surface area contributed by atoms with E-state index in [0.717, 1.165) is 31.1 Å². The van der Waals surface area contributed by atoms with Crippen LogP contribution in [-0.4, -0.2) is 12.1 Å². The van der Waals surface area contributed by atoms with Crippen molar-refractivity contribution in [3.8, 4) is 0 Å². The van der Waals surface area contributed by atoms with Crippen molar-refractivity contribution in [1.29, 1.82) is 0 Å². The summed E-state index contributed by atoms with van der Waals surface area (Å²) in [7, 11) is 0. The van der Waals surface area contributed by atoms with Crippen LogP contribution >= 0.6 is 0 Å². The van der Waals surface area contributed by atoms with E-state index in [9.17, 15) is 4.79 Å². The summed E-state index contributed by atoms with van der Waals surface area (Å²) in [4.78, 5) is 11.9. The van der Waals surface area contributed by atoms with Crippen LogP contribution in [0.5, 0.6) is 0 Å². The summed E-state index contributed by atoms with van der Waals surface area (Å²) in [5.41, 5.74) is 0. The van der Waals surface area contributed by atoms with E-state index in [4.69, 9.17) is 4.74 Å². The molecule has 0 heterocycles. The van der Waals surface area contributed by atoms with Crippen LogP contribution in [0.25, 0.3) is 0 Å². The molecule has 2 aliphatic rings. The zero-order chi connectivity index (χ0) is 16.3. The molecule has 0 aromatic rings. The Balaban J connectivity index is 1.46. The molecule has 0 spiro atoms. The molecule has 0 N–H and O–H groups in total. The normalized spacial score (nSPS) is 26.1. The summed E-state index contributed by atoms with van der Waals surface area (Å²) >= 11 is 0. The van der Waals surface area contributed by atoms with E-state index in [0.29, 0.717) is 6.42 Å². The number of ether oxygens (including phenoxy) is 1. The molecule has 0 radical (unpaired) electrons. The van der Waals surface area contributed by atoms with Crippen molar-refractivity contribution in [2.24, 2.45) is 11.8 Å². The van der Waals surface area contributed by atoms with E-state index < -0.39 is 0 Å². The highest BCUT2D eigenvalue weighted by Gasteiger charge is 2.21. The Morgan fingerprint density at radius 2 is 1.43 bits per heavy atom. The highest BCUT2D eigenvalue weighted by atomic mass is 16.5. The van der Waals surface area contributed by atoms with Crippen LogP contribution in [0.1, 0.15) is 110 Å². The van der Waals surface area contributed by atoms with E-state index in [1.54, 1.807) is 0 Å². The van der Waals surface area contributed by atoms with Gasteiger partial charge in [0, 0.05) is 6.42 Å². The van der Waals surface area contributed by atoms with Crippen LogP contribution in [0, 0.1) is 11.8 Å². The fraction of sp³-hybridized carbons (Fsp3) is 0.952. The second kappa shape index (κ2) is 11.1. The van der Waals surface area contributed by atoms with E-state index >= 15 is 0 Å². The first-order valence-electron chi connectivity index (χ1n) is 10.5. The minimum atomic E-state index is 0.0557. The summed E-state index contributed by atoms with van der Waals surface area (Å²) in [5.74, 6) is 2.00. The van der Waals surface area contributed by atoms with Crippen LogP contribution in [0.3, 0.4) is 0 Å². The Morgan fingerprint density at radius 1 is 0.826 bits per heavy atom. The van der Waals surface area contributed by atoms with Gasteiger partial charge in [-0.05, 0) is 43.9 Å².